The van der Waals surface area contributed by atoms with E-state index in [4.69, 9.17) is 5.73 Å². The standard InChI is InChI=1S/C9H13NOS/c1-3-9(2,10)8(11)7-5-4-6-12-7/h4-6H,3,10H2,1-2H3. The smallest absolute Gasteiger partial charge is 0.192 e. The second-order valence-electron chi connectivity index (χ2n) is 3.08. The Morgan fingerprint density at radius 2 is 2.42 bits per heavy atom. The third-order valence-electron chi connectivity index (χ3n) is 2.00. The molecule has 0 saturated heterocycles. The second-order valence-corrected chi connectivity index (χ2v) is 4.03. The first-order chi connectivity index (χ1) is 5.58. The predicted molar refractivity (Wildman–Crippen MR) is 51.5 cm³/mol. The van der Waals surface area contributed by atoms with Gasteiger partial charge < -0.3 is 5.73 Å². The first-order valence-electron chi connectivity index (χ1n) is 3.95. The van der Waals surface area contributed by atoms with Crippen molar-refractivity contribution in [1.29, 1.82) is 0 Å². The van der Waals surface area contributed by atoms with Gasteiger partial charge in [0.2, 0.25) is 0 Å². The summed E-state index contributed by atoms with van der Waals surface area (Å²) in [7, 11) is 0. The van der Waals surface area contributed by atoms with Gasteiger partial charge in [0.05, 0.1) is 10.4 Å². The molecule has 1 rings (SSSR count). The summed E-state index contributed by atoms with van der Waals surface area (Å²) < 4.78 is 0. The topological polar surface area (TPSA) is 43.1 Å². The fourth-order valence-electron chi connectivity index (χ4n) is 0.850. The molecule has 0 radical (unpaired) electrons. The molecule has 0 aliphatic carbocycles. The maximum atomic E-state index is 11.6. The molecule has 1 heterocycles. The van der Waals surface area contributed by atoms with Crippen molar-refractivity contribution in [3.8, 4) is 0 Å². The quantitative estimate of drug-likeness (QED) is 0.729. The van der Waals surface area contributed by atoms with E-state index in [1.54, 1.807) is 6.92 Å². The number of thiophene rings is 1. The summed E-state index contributed by atoms with van der Waals surface area (Å²) in [6.45, 7) is 3.70. The molecule has 0 fully saturated rings. The zero-order chi connectivity index (χ0) is 9.19. The fourth-order valence-corrected chi connectivity index (χ4v) is 1.65. The van der Waals surface area contributed by atoms with Gasteiger partial charge in [0, 0.05) is 0 Å². The lowest BCUT2D eigenvalue weighted by molar-refractivity contribution is 0.0902. The molecule has 1 aromatic heterocycles. The van der Waals surface area contributed by atoms with Crippen molar-refractivity contribution in [3.63, 3.8) is 0 Å². The van der Waals surface area contributed by atoms with Gasteiger partial charge >= 0.3 is 0 Å². The average Bonchev–Trinajstić information content (AvgIpc) is 2.55. The molecule has 0 bridgehead atoms. The molecule has 1 atom stereocenters. The monoisotopic (exact) mass is 183 g/mol. The summed E-state index contributed by atoms with van der Waals surface area (Å²) in [5.41, 5.74) is 5.10. The van der Waals surface area contributed by atoms with Gasteiger partial charge in [-0.3, -0.25) is 4.79 Å². The number of carbonyl (C=O) groups is 1. The van der Waals surface area contributed by atoms with Gasteiger partial charge in [0.1, 0.15) is 0 Å². The number of carbonyl (C=O) groups excluding carboxylic acids is 1. The number of Topliss-reactive ketones (excluding diaryl/α,β-unsaturated/α-hetero) is 1. The lowest BCUT2D eigenvalue weighted by Gasteiger charge is -2.19. The molecule has 12 heavy (non-hydrogen) atoms. The zero-order valence-electron chi connectivity index (χ0n) is 7.33. The van der Waals surface area contributed by atoms with E-state index in [1.165, 1.54) is 11.3 Å². The highest BCUT2D eigenvalue weighted by Gasteiger charge is 2.27. The summed E-state index contributed by atoms with van der Waals surface area (Å²) in [6.07, 6.45) is 0.670. The zero-order valence-corrected chi connectivity index (χ0v) is 8.15. The Balaban J connectivity index is 2.86. The van der Waals surface area contributed by atoms with Gasteiger partial charge in [-0.2, -0.15) is 0 Å². The highest BCUT2D eigenvalue weighted by molar-refractivity contribution is 7.12. The molecule has 0 saturated carbocycles. The van der Waals surface area contributed by atoms with Gasteiger partial charge in [-0.1, -0.05) is 13.0 Å². The molecule has 2 N–H and O–H groups in total. The lowest BCUT2D eigenvalue weighted by Crippen LogP contribution is -2.43. The van der Waals surface area contributed by atoms with Crippen LogP contribution in [-0.2, 0) is 0 Å². The number of nitrogens with two attached hydrogens (primary N) is 1. The van der Waals surface area contributed by atoms with Crippen molar-refractivity contribution in [1.82, 2.24) is 0 Å². The molecule has 3 heteroatoms. The van der Waals surface area contributed by atoms with Crippen LogP contribution >= 0.6 is 11.3 Å². The highest BCUT2D eigenvalue weighted by atomic mass is 32.1. The van der Waals surface area contributed by atoms with Crippen molar-refractivity contribution < 1.29 is 4.79 Å². The molecule has 0 aliphatic heterocycles. The summed E-state index contributed by atoms with van der Waals surface area (Å²) >= 11 is 1.44. The van der Waals surface area contributed by atoms with Crippen LogP contribution in [0.1, 0.15) is 29.9 Å². The largest absolute Gasteiger partial charge is 0.319 e. The van der Waals surface area contributed by atoms with E-state index in [2.05, 4.69) is 0 Å². The normalized spacial score (nSPS) is 15.6. The van der Waals surface area contributed by atoms with E-state index >= 15 is 0 Å². The summed E-state index contributed by atoms with van der Waals surface area (Å²) in [4.78, 5) is 12.4. The van der Waals surface area contributed by atoms with E-state index in [9.17, 15) is 4.79 Å². The van der Waals surface area contributed by atoms with Gasteiger partial charge in [-0.05, 0) is 24.8 Å². The van der Waals surface area contributed by atoms with Crippen LogP contribution in [0.5, 0.6) is 0 Å². The van der Waals surface area contributed by atoms with Crippen LogP contribution in [0, 0.1) is 0 Å². The van der Waals surface area contributed by atoms with Crippen LogP contribution in [0.4, 0.5) is 0 Å². The molecule has 66 valence electrons. The molecule has 2 nitrogen and oxygen atoms in total. The van der Waals surface area contributed by atoms with Gasteiger partial charge in [-0.15, -0.1) is 11.3 Å². The highest BCUT2D eigenvalue weighted by Crippen LogP contribution is 2.17. The number of rotatable bonds is 3. The van der Waals surface area contributed by atoms with Crippen LogP contribution < -0.4 is 5.73 Å². The Morgan fingerprint density at radius 3 is 2.83 bits per heavy atom. The first kappa shape index (κ1) is 9.42. The van der Waals surface area contributed by atoms with Crippen molar-refractivity contribution in [2.24, 2.45) is 5.73 Å². The molecule has 1 unspecified atom stereocenters. The van der Waals surface area contributed by atoms with Gasteiger partial charge in [0.25, 0.3) is 0 Å². The van der Waals surface area contributed by atoms with Crippen LogP contribution in [0.25, 0.3) is 0 Å². The molecular weight excluding hydrogens is 170 g/mol. The molecule has 0 aliphatic rings. The maximum Gasteiger partial charge on any atom is 0.192 e. The van der Waals surface area contributed by atoms with Crippen LogP contribution in [0.3, 0.4) is 0 Å². The van der Waals surface area contributed by atoms with Gasteiger partial charge in [-0.25, -0.2) is 0 Å². The predicted octanol–water partition coefficient (Wildman–Crippen LogP) is 2.06. The first-order valence-corrected chi connectivity index (χ1v) is 4.83. The lowest BCUT2D eigenvalue weighted by atomic mass is 9.94. The van der Waals surface area contributed by atoms with E-state index in [0.29, 0.717) is 6.42 Å². The molecule has 0 aromatic carbocycles. The number of hydrogen-bond acceptors (Lipinski definition) is 3. The minimum Gasteiger partial charge on any atom is -0.319 e. The van der Waals surface area contributed by atoms with E-state index in [1.807, 2.05) is 24.4 Å². The Kier molecular flexibility index (Phi) is 2.65. The summed E-state index contributed by atoms with van der Waals surface area (Å²) in [5, 5.41) is 1.89. The number of ketones is 1. The van der Waals surface area contributed by atoms with E-state index < -0.39 is 5.54 Å². The maximum absolute atomic E-state index is 11.6. The van der Waals surface area contributed by atoms with Crippen LogP contribution in [0.2, 0.25) is 0 Å². The van der Waals surface area contributed by atoms with E-state index in [0.717, 1.165) is 4.88 Å². The average molecular weight is 183 g/mol. The third-order valence-corrected chi connectivity index (χ3v) is 2.87. The van der Waals surface area contributed by atoms with Crippen LogP contribution in [0.15, 0.2) is 17.5 Å². The minimum absolute atomic E-state index is 0.0417. The Morgan fingerprint density at radius 1 is 1.75 bits per heavy atom. The Bertz CT molecular complexity index is 264. The summed E-state index contributed by atoms with van der Waals surface area (Å²) in [6, 6.07) is 3.68. The van der Waals surface area contributed by atoms with Crippen molar-refractivity contribution in [3.05, 3.63) is 22.4 Å². The van der Waals surface area contributed by atoms with Crippen molar-refractivity contribution >= 4 is 17.1 Å². The number of hydrogen-bond donors (Lipinski definition) is 1. The Hall–Kier alpha value is -0.670. The second kappa shape index (κ2) is 3.37. The molecular formula is C9H13NOS. The van der Waals surface area contributed by atoms with Crippen LogP contribution in [-0.4, -0.2) is 11.3 Å². The minimum atomic E-state index is -0.704. The summed E-state index contributed by atoms with van der Waals surface area (Å²) in [5.74, 6) is 0.0417. The SMILES string of the molecule is CCC(C)(N)C(=O)c1cccs1. The Labute approximate surface area is 76.4 Å². The fraction of sp³-hybridized carbons (Fsp3) is 0.444. The molecule has 0 amide bonds. The van der Waals surface area contributed by atoms with Gasteiger partial charge in [0.15, 0.2) is 5.78 Å². The van der Waals surface area contributed by atoms with E-state index in [-0.39, 0.29) is 5.78 Å². The molecule has 1 aromatic rings. The molecule has 0 spiro atoms. The third kappa shape index (κ3) is 1.73. The van der Waals surface area contributed by atoms with Crippen molar-refractivity contribution in [2.45, 2.75) is 25.8 Å². The van der Waals surface area contributed by atoms with Crippen molar-refractivity contribution in [2.75, 3.05) is 0 Å².